The SMILES string of the molecule is CCCCCCn1cc(C(=O)O)c(=O)c2cccnc21. The number of carboxylic acid groups (broad SMARTS) is 1. The molecule has 0 fully saturated rings. The van der Waals surface area contributed by atoms with E-state index in [1.165, 1.54) is 6.20 Å². The lowest BCUT2D eigenvalue weighted by Crippen LogP contribution is -2.19. The summed E-state index contributed by atoms with van der Waals surface area (Å²) < 4.78 is 1.77. The minimum atomic E-state index is -1.19. The first-order chi connectivity index (χ1) is 9.65. The van der Waals surface area contributed by atoms with Gasteiger partial charge in [0, 0.05) is 18.9 Å². The molecule has 0 aliphatic rings. The third kappa shape index (κ3) is 2.87. The molecule has 2 aromatic heterocycles. The van der Waals surface area contributed by atoms with Gasteiger partial charge in [0.05, 0.1) is 5.39 Å². The van der Waals surface area contributed by atoms with Crippen molar-refractivity contribution in [3.63, 3.8) is 0 Å². The highest BCUT2D eigenvalue weighted by Gasteiger charge is 2.14. The Kier molecular flexibility index (Phi) is 4.50. The van der Waals surface area contributed by atoms with Crippen LogP contribution >= 0.6 is 0 Å². The standard InChI is InChI=1S/C15H18N2O3/c1-2-3-4-5-9-17-10-12(15(19)20)13(18)11-7-6-8-16-14(11)17/h6-8,10H,2-5,9H2,1H3,(H,19,20). The summed E-state index contributed by atoms with van der Waals surface area (Å²) in [6.07, 6.45) is 7.35. The Labute approximate surface area is 116 Å². The summed E-state index contributed by atoms with van der Waals surface area (Å²) in [4.78, 5) is 27.4. The van der Waals surface area contributed by atoms with Crippen molar-refractivity contribution in [2.45, 2.75) is 39.2 Å². The zero-order valence-electron chi connectivity index (χ0n) is 11.5. The third-order valence-corrected chi connectivity index (χ3v) is 3.32. The number of pyridine rings is 2. The number of carboxylic acids is 1. The summed E-state index contributed by atoms with van der Waals surface area (Å²) in [6.45, 7) is 2.81. The van der Waals surface area contributed by atoms with Crippen LogP contribution in [0.2, 0.25) is 0 Å². The first kappa shape index (κ1) is 14.2. The maximum atomic E-state index is 12.1. The molecule has 5 nitrogen and oxygen atoms in total. The molecule has 2 aromatic rings. The van der Waals surface area contributed by atoms with E-state index in [-0.39, 0.29) is 5.56 Å². The van der Waals surface area contributed by atoms with E-state index in [1.54, 1.807) is 22.9 Å². The molecule has 0 saturated carbocycles. The average Bonchev–Trinajstić information content (AvgIpc) is 2.45. The summed E-state index contributed by atoms with van der Waals surface area (Å²) in [5.74, 6) is -1.19. The van der Waals surface area contributed by atoms with Crippen molar-refractivity contribution in [3.05, 3.63) is 40.3 Å². The Morgan fingerprint density at radius 2 is 2.15 bits per heavy atom. The minimum absolute atomic E-state index is 0.194. The van der Waals surface area contributed by atoms with Gasteiger partial charge in [0.2, 0.25) is 5.43 Å². The highest BCUT2D eigenvalue weighted by molar-refractivity contribution is 5.91. The van der Waals surface area contributed by atoms with Crippen LogP contribution in [0, 0.1) is 0 Å². The topological polar surface area (TPSA) is 72.2 Å². The molecule has 0 aliphatic carbocycles. The maximum Gasteiger partial charge on any atom is 0.341 e. The average molecular weight is 274 g/mol. The maximum absolute atomic E-state index is 12.1. The number of carbonyl (C=O) groups is 1. The molecule has 0 saturated heterocycles. The van der Waals surface area contributed by atoms with Crippen LogP contribution < -0.4 is 5.43 Å². The van der Waals surface area contributed by atoms with Crippen LogP contribution in [-0.2, 0) is 6.54 Å². The molecule has 20 heavy (non-hydrogen) atoms. The van der Waals surface area contributed by atoms with E-state index in [4.69, 9.17) is 5.11 Å². The van der Waals surface area contributed by atoms with Crippen molar-refractivity contribution in [1.29, 1.82) is 0 Å². The van der Waals surface area contributed by atoms with Gasteiger partial charge in [0.15, 0.2) is 0 Å². The van der Waals surface area contributed by atoms with Crippen LogP contribution in [0.5, 0.6) is 0 Å². The van der Waals surface area contributed by atoms with Gasteiger partial charge in [-0.15, -0.1) is 0 Å². The molecule has 5 heteroatoms. The van der Waals surface area contributed by atoms with E-state index in [1.807, 2.05) is 0 Å². The van der Waals surface area contributed by atoms with E-state index >= 15 is 0 Å². The number of aromatic carboxylic acids is 1. The van der Waals surface area contributed by atoms with Gasteiger partial charge in [0.1, 0.15) is 11.2 Å². The van der Waals surface area contributed by atoms with Gasteiger partial charge in [-0.2, -0.15) is 0 Å². The Hall–Kier alpha value is -2.17. The smallest absolute Gasteiger partial charge is 0.341 e. The predicted molar refractivity (Wildman–Crippen MR) is 77.1 cm³/mol. The van der Waals surface area contributed by atoms with E-state index in [2.05, 4.69) is 11.9 Å². The van der Waals surface area contributed by atoms with Crippen molar-refractivity contribution < 1.29 is 9.90 Å². The zero-order valence-corrected chi connectivity index (χ0v) is 11.5. The summed E-state index contributed by atoms with van der Waals surface area (Å²) in [6, 6.07) is 3.27. The number of hydrogen-bond donors (Lipinski definition) is 1. The van der Waals surface area contributed by atoms with Gasteiger partial charge < -0.3 is 9.67 Å². The van der Waals surface area contributed by atoms with Crippen molar-refractivity contribution >= 4 is 17.0 Å². The Balaban J connectivity index is 2.44. The second-order valence-electron chi connectivity index (χ2n) is 4.81. The van der Waals surface area contributed by atoms with Crippen molar-refractivity contribution in [3.8, 4) is 0 Å². The van der Waals surface area contributed by atoms with Crippen molar-refractivity contribution in [2.24, 2.45) is 0 Å². The molecule has 0 atom stereocenters. The van der Waals surface area contributed by atoms with E-state index in [9.17, 15) is 9.59 Å². The van der Waals surface area contributed by atoms with Crippen LogP contribution in [0.15, 0.2) is 29.3 Å². The molecule has 1 N–H and O–H groups in total. The normalized spacial score (nSPS) is 10.8. The molecule has 0 amide bonds. The largest absolute Gasteiger partial charge is 0.477 e. The Morgan fingerprint density at radius 1 is 1.35 bits per heavy atom. The van der Waals surface area contributed by atoms with Gasteiger partial charge in [-0.25, -0.2) is 9.78 Å². The molecule has 0 radical (unpaired) electrons. The lowest BCUT2D eigenvalue weighted by atomic mass is 10.1. The number of fused-ring (bicyclic) bond motifs is 1. The number of aryl methyl sites for hydroxylation is 1. The first-order valence-electron chi connectivity index (χ1n) is 6.86. The number of aromatic nitrogens is 2. The summed E-state index contributed by atoms with van der Waals surface area (Å²) in [5, 5.41) is 9.49. The molecule has 0 unspecified atom stereocenters. The van der Waals surface area contributed by atoms with Crippen LogP contribution in [0.4, 0.5) is 0 Å². The molecule has 2 heterocycles. The molecule has 106 valence electrons. The Bertz CT molecular complexity index is 676. The highest BCUT2D eigenvalue weighted by atomic mass is 16.4. The molecule has 0 aliphatic heterocycles. The van der Waals surface area contributed by atoms with Crippen molar-refractivity contribution in [1.82, 2.24) is 9.55 Å². The van der Waals surface area contributed by atoms with Crippen LogP contribution in [0.3, 0.4) is 0 Å². The van der Waals surface area contributed by atoms with Crippen LogP contribution in [0.1, 0.15) is 43.0 Å². The van der Waals surface area contributed by atoms with E-state index in [0.717, 1.165) is 25.7 Å². The monoisotopic (exact) mass is 274 g/mol. The van der Waals surface area contributed by atoms with Crippen LogP contribution in [0.25, 0.3) is 11.0 Å². The Morgan fingerprint density at radius 3 is 2.85 bits per heavy atom. The molecular weight excluding hydrogens is 256 g/mol. The minimum Gasteiger partial charge on any atom is -0.477 e. The fourth-order valence-corrected chi connectivity index (χ4v) is 2.26. The molecule has 0 aromatic carbocycles. The van der Waals surface area contributed by atoms with Gasteiger partial charge in [0.25, 0.3) is 0 Å². The summed E-state index contributed by atoms with van der Waals surface area (Å²) in [7, 11) is 0. The van der Waals surface area contributed by atoms with Gasteiger partial charge in [-0.1, -0.05) is 26.2 Å². The number of rotatable bonds is 6. The summed E-state index contributed by atoms with van der Waals surface area (Å²) in [5.41, 5.74) is -0.106. The molecule has 2 rings (SSSR count). The van der Waals surface area contributed by atoms with E-state index < -0.39 is 11.4 Å². The predicted octanol–water partition coefficient (Wildman–Crippen LogP) is 2.68. The lowest BCUT2D eigenvalue weighted by molar-refractivity contribution is 0.0695. The number of hydrogen-bond acceptors (Lipinski definition) is 3. The highest BCUT2D eigenvalue weighted by Crippen LogP contribution is 2.11. The second kappa shape index (κ2) is 6.32. The van der Waals surface area contributed by atoms with Crippen molar-refractivity contribution in [2.75, 3.05) is 0 Å². The van der Waals surface area contributed by atoms with Gasteiger partial charge in [-0.05, 0) is 18.6 Å². The second-order valence-corrected chi connectivity index (χ2v) is 4.81. The fourth-order valence-electron chi connectivity index (χ4n) is 2.26. The van der Waals surface area contributed by atoms with Gasteiger partial charge in [-0.3, -0.25) is 4.79 Å². The molecular formula is C15H18N2O3. The number of nitrogens with zero attached hydrogens (tertiary/aromatic N) is 2. The fraction of sp³-hybridized carbons (Fsp3) is 0.400. The van der Waals surface area contributed by atoms with E-state index in [0.29, 0.717) is 17.6 Å². The quantitative estimate of drug-likeness (QED) is 0.822. The first-order valence-corrected chi connectivity index (χ1v) is 6.86. The van der Waals surface area contributed by atoms with Crippen LogP contribution in [-0.4, -0.2) is 20.6 Å². The molecule has 0 bridgehead atoms. The summed E-state index contributed by atoms with van der Waals surface area (Å²) >= 11 is 0. The zero-order chi connectivity index (χ0) is 14.5. The number of unbranched alkanes of at least 4 members (excludes halogenated alkanes) is 3. The molecule has 0 spiro atoms. The lowest BCUT2D eigenvalue weighted by Gasteiger charge is -2.11. The van der Waals surface area contributed by atoms with Gasteiger partial charge >= 0.3 is 5.97 Å². The third-order valence-electron chi connectivity index (χ3n) is 3.32.